The fourth-order valence-corrected chi connectivity index (χ4v) is 1.58. The number of esters is 1. The minimum Gasteiger partial charge on any atom is -0.456 e. The predicted octanol–water partition coefficient (Wildman–Crippen LogP) is 3.20. The summed E-state index contributed by atoms with van der Waals surface area (Å²) in [5, 5.41) is 10.7. The van der Waals surface area contributed by atoms with Crippen LogP contribution in [0.2, 0.25) is 0 Å². The van der Waals surface area contributed by atoms with Crippen LogP contribution in [0.25, 0.3) is 11.3 Å². The van der Waals surface area contributed by atoms with Crippen LogP contribution < -0.4 is 0 Å². The van der Waals surface area contributed by atoms with Gasteiger partial charge in [0, 0.05) is 17.7 Å². The first-order valence-electron chi connectivity index (χ1n) is 5.74. The molecule has 0 spiro atoms. The molecule has 0 radical (unpaired) electrons. The standard InChI is InChI=1S/C14H11NO5/c1-2-8-19-14(16)13-7-6-12(20-13)10-4-3-5-11(9-10)15(17)18/h2-7,9H,1,8H2. The Labute approximate surface area is 114 Å². The average Bonchev–Trinajstić information content (AvgIpc) is 2.94. The molecule has 102 valence electrons. The van der Waals surface area contributed by atoms with Crippen molar-refractivity contribution in [3.05, 3.63) is 64.9 Å². The van der Waals surface area contributed by atoms with Crippen molar-refractivity contribution in [1.82, 2.24) is 0 Å². The number of carbonyl (C=O) groups excluding carboxylic acids is 1. The molecule has 0 aliphatic rings. The van der Waals surface area contributed by atoms with E-state index < -0.39 is 10.9 Å². The van der Waals surface area contributed by atoms with E-state index in [1.807, 2.05) is 0 Å². The van der Waals surface area contributed by atoms with Gasteiger partial charge in [0.15, 0.2) is 0 Å². The number of furan rings is 1. The first-order chi connectivity index (χ1) is 9.61. The number of hydrogen-bond acceptors (Lipinski definition) is 5. The molecule has 0 unspecified atom stereocenters. The first kappa shape index (κ1) is 13.5. The first-order valence-corrected chi connectivity index (χ1v) is 5.74. The molecule has 0 N–H and O–H groups in total. The van der Waals surface area contributed by atoms with Crippen molar-refractivity contribution in [3.8, 4) is 11.3 Å². The molecular formula is C14H11NO5. The summed E-state index contributed by atoms with van der Waals surface area (Å²) in [6.45, 7) is 3.52. The predicted molar refractivity (Wildman–Crippen MR) is 71.3 cm³/mol. The lowest BCUT2D eigenvalue weighted by Gasteiger charge is -1.99. The van der Waals surface area contributed by atoms with Crippen molar-refractivity contribution in [1.29, 1.82) is 0 Å². The molecule has 0 bridgehead atoms. The molecular weight excluding hydrogens is 262 g/mol. The van der Waals surface area contributed by atoms with Gasteiger partial charge in [0.05, 0.1) is 4.92 Å². The van der Waals surface area contributed by atoms with Crippen LogP contribution in [0.5, 0.6) is 0 Å². The molecule has 0 saturated carbocycles. The summed E-state index contributed by atoms with van der Waals surface area (Å²) in [7, 11) is 0. The maximum atomic E-state index is 11.6. The lowest BCUT2D eigenvalue weighted by molar-refractivity contribution is -0.384. The van der Waals surface area contributed by atoms with Gasteiger partial charge in [0.1, 0.15) is 12.4 Å². The van der Waals surface area contributed by atoms with Gasteiger partial charge in [-0.15, -0.1) is 0 Å². The highest BCUT2D eigenvalue weighted by Crippen LogP contribution is 2.25. The molecule has 6 heteroatoms. The molecule has 1 heterocycles. The van der Waals surface area contributed by atoms with Crippen LogP contribution in [0.4, 0.5) is 5.69 Å². The Balaban J connectivity index is 2.24. The summed E-state index contributed by atoms with van der Waals surface area (Å²) >= 11 is 0. The highest BCUT2D eigenvalue weighted by Gasteiger charge is 2.14. The van der Waals surface area contributed by atoms with Gasteiger partial charge in [0.25, 0.3) is 5.69 Å². The lowest BCUT2D eigenvalue weighted by atomic mass is 10.1. The number of nitro benzene ring substituents is 1. The topological polar surface area (TPSA) is 82.6 Å². The van der Waals surface area contributed by atoms with E-state index in [1.165, 1.54) is 24.3 Å². The third-order valence-electron chi connectivity index (χ3n) is 2.48. The average molecular weight is 273 g/mol. The summed E-state index contributed by atoms with van der Waals surface area (Å²) < 4.78 is 10.2. The lowest BCUT2D eigenvalue weighted by Crippen LogP contribution is -2.03. The normalized spacial score (nSPS) is 10.0. The summed E-state index contributed by atoms with van der Waals surface area (Å²) in [4.78, 5) is 21.8. The Hall–Kier alpha value is -2.89. The van der Waals surface area contributed by atoms with E-state index >= 15 is 0 Å². The largest absolute Gasteiger partial charge is 0.456 e. The van der Waals surface area contributed by atoms with Gasteiger partial charge in [0.2, 0.25) is 5.76 Å². The van der Waals surface area contributed by atoms with Crippen LogP contribution in [0, 0.1) is 10.1 Å². The smallest absolute Gasteiger partial charge is 0.374 e. The second-order valence-electron chi connectivity index (χ2n) is 3.86. The zero-order chi connectivity index (χ0) is 14.5. The molecule has 0 fully saturated rings. The molecule has 0 aliphatic heterocycles. The number of hydrogen-bond donors (Lipinski definition) is 0. The third kappa shape index (κ3) is 2.92. The van der Waals surface area contributed by atoms with E-state index in [9.17, 15) is 14.9 Å². The maximum Gasteiger partial charge on any atom is 0.374 e. The van der Waals surface area contributed by atoms with Gasteiger partial charge in [-0.25, -0.2) is 4.79 Å². The molecule has 1 aromatic carbocycles. The second kappa shape index (κ2) is 5.83. The quantitative estimate of drug-likeness (QED) is 0.361. The summed E-state index contributed by atoms with van der Waals surface area (Å²) in [5.41, 5.74) is 0.469. The zero-order valence-electron chi connectivity index (χ0n) is 10.4. The number of benzene rings is 1. The van der Waals surface area contributed by atoms with E-state index in [-0.39, 0.29) is 18.1 Å². The number of nitro groups is 1. The maximum absolute atomic E-state index is 11.6. The molecule has 0 atom stereocenters. The van der Waals surface area contributed by atoms with Crippen molar-refractivity contribution in [2.45, 2.75) is 0 Å². The highest BCUT2D eigenvalue weighted by molar-refractivity contribution is 5.87. The van der Waals surface area contributed by atoms with E-state index in [0.29, 0.717) is 11.3 Å². The second-order valence-corrected chi connectivity index (χ2v) is 3.86. The number of non-ortho nitro benzene ring substituents is 1. The van der Waals surface area contributed by atoms with E-state index in [0.717, 1.165) is 0 Å². The molecule has 0 saturated heterocycles. The van der Waals surface area contributed by atoms with Gasteiger partial charge in [-0.2, -0.15) is 0 Å². The SMILES string of the molecule is C=CCOC(=O)c1ccc(-c2cccc([N+](=O)[O-])c2)o1. The van der Waals surface area contributed by atoms with Gasteiger partial charge in [-0.1, -0.05) is 24.8 Å². The number of ether oxygens (including phenoxy) is 1. The van der Waals surface area contributed by atoms with Crippen LogP contribution in [-0.2, 0) is 4.74 Å². The fourth-order valence-electron chi connectivity index (χ4n) is 1.58. The molecule has 0 aliphatic carbocycles. The molecule has 2 rings (SSSR count). The Morgan fingerprint density at radius 1 is 1.40 bits per heavy atom. The molecule has 6 nitrogen and oxygen atoms in total. The summed E-state index contributed by atoms with van der Waals surface area (Å²) in [6.07, 6.45) is 1.45. The van der Waals surface area contributed by atoms with Crippen LogP contribution in [0.15, 0.2) is 53.5 Å². The number of nitrogens with zero attached hydrogens (tertiary/aromatic N) is 1. The Bertz CT molecular complexity index is 659. The van der Waals surface area contributed by atoms with Crippen molar-refractivity contribution in [2.75, 3.05) is 6.61 Å². The molecule has 1 aromatic heterocycles. The van der Waals surface area contributed by atoms with E-state index in [1.54, 1.807) is 18.2 Å². The van der Waals surface area contributed by atoms with Crippen LogP contribution in [0.3, 0.4) is 0 Å². The van der Waals surface area contributed by atoms with E-state index in [2.05, 4.69) is 6.58 Å². The zero-order valence-corrected chi connectivity index (χ0v) is 10.4. The van der Waals surface area contributed by atoms with Crippen LogP contribution in [-0.4, -0.2) is 17.5 Å². The van der Waals surface area contributed by atoms with Crippen molar-refractivity contribution in [2.24, 2.45) is 0 Å². The summed E-state index contributed by atoms with van der Waals surface area (Å²) in [6, 6.07) is 8.98. The Morgan fingerprint density at radius 3 is 2.90 bits per heavy atom. The van der Waals surface area contributed by atoms with Gasteiger partial charge in [-0.3, -0.25) is 10.1 Å². The van der Waals surface area contributed by atoms with Crippen molar-refractivity contribution >= 4 is 11.7 Å². The van der Waals surface area contributed by atoms with E-state index in [4.69, 9.17) is 9.15 Å². The minimum atomic E-state index is -0.610. The molecule has 2 aromatic rings. The van der Waals surface area contributed by atoms with Crippen molar-refractivity contribution in [3.63, 3.8) is 0 Å². The number of carbonyl (C=O) groups is 1. The molecule has 0 amide bonds. The fraction of sp³-hybridized carbons (Fsp3) is 0.0714. The van der Waals surface area contributed by atoms with Gasteiger partial charge < -0.3 is 9.15 Å². The Kier molecular flexibility index (Phi) is 3.95. The molecule has 20 heavy (non-hydrogen) atoms. The van der Waals surface area contributed by atoms with Crippen molar-refractivity contribution < 1.29 is 18.9 Å². The van der Waals surface area contributed by atoms with Crippen LogP contribution in [0.1, 0.15) is 10.6 Å². The van der Waals surface area contributed by atoms with Gasteiger partial charge >= 0.3 is 5.97 Å². The van der Waals surface area contributed by atoms with Gasteiger partial charge in [-0.05, 0) is 12.1 Å². The Morgan fingerprint density at radius 2 is 2.20 bits per heavy atom. The highest BCUT2D eigenvalue weighted by atomic mass is 16.6. The third-order valence-corrected chi connectivity index (χ3v) is 2.48. The summed E-state index contributed by atoms with van der Waals surface area (Å²) in [5.74, 6) is -0.214. The van der Waals surface area contributed by atoms with Crippen LogP contribution >= 0.6 is 0 Å². The minimum absolute atomic E-state index is 0.0355. The monoisotopic (exact) mass is 273 g/mol. The number of rotatable bonds is 5.